The lowest BCUT2D eigenvalue weighted by molar-refractivity contribution is -0.343. The van der Waals surface area contributed by atoms with E-state index in [0.717, 1.165) is 6.92 Å². The molecule has 29 heavy (non-hydrogen) atoms. The molecule has 0 radical (unpaired) electrons. The van der Waals surface area contributed by atoms with E-state index in [1.807, 2.05) is 0 Å². The maximum absolute atomic E-state index is 11.0. The van der Waals surface area contributed by atoms with Crippen molar-refractivity contribution >= 4 is 5.97 Å². The van der Waals surface area contributed by atoms with Crippen LogP contribution in [-0.4, -0.2) is 118 Å². The van der Waals surface area contributed by atoms with Gasteiger partial charge in [-0.1, -0.05) is 6.08 Å². The summed E-state index contributed by atoms with van der Waals surface area (Å²) in [5, 5.41) is 63.3. The number of hydrogen-bond acceptors (Lipinski definition) is 12. The lowest BCUT2D eigenvalue weighted by Gasteiger charge is -2.46. The van der Waals surface area contributed by atoms with Crippen molar-refractivity contribution in [3.05, 3.63) is 12.7 Å². The molecular formula is C17H29NO11. The number of carbonyl (C=O) groups is 1. The Bertz CT molecular complexity index is 547. The summed E-state index contributed by atoms with van der Waals surface area (Å²) in [7, 11) is 0. The molecule has 2 heterocycles. The first-order valence-electron chi connectivity index (χ1n) is 9.16. The molecule has 0 amide bonds. The van der Waals surface area contributed by atoms with Gasteiger partial charge >= 0.3 is 5.97 Å². The van der Waals surface area contributed by atoms with Crippen molar-refractivity contribution in [3.8, 4) is 0 Å². The van der Waals surface area contributed by atoms with E-state index < -0.39 is 80.5 Å². The first kappa shape index (κ1) is 24.1. The Morgan fingerprint density at radius 2 is 1.72 bits per heavy atom. The van der Waals surface area contributed by atoms with Gasteiger partial charge in [0.05, 0.1) is 6.61 Å². The number of carbonyl (C=O) groups excluding carboxylic acids is 1. The average Bonchev–Trinajstić information content (AvgIpc) is 2.69. The third-order valence-corrected chi connectivity index (χ3v) is 4.74. The molecule has 2 rings (SSSR count). The number of esters is 1. The molecule has 0 bridgehead atoms. The lowest BCUT2D eigenvalue weighted by atomic mass is 9.96. The van der Waals surface area contributed by atoms with Crippen molar-refractivity contribution in [2.75, 3.05) is 19.8 Å². The van der Waals surface area contributed by atoms with Crippen LogP contribution in [0.2, 0.25) is 0 Å². The highest BCUT2D eigenvalue weighted by atomic mass is 16.7. The molecule has 12 heteroatoms. The van der Waals surface area contributed by atoms with Crippen molar-refractivity contribution in [2.24, 2.45) is 0 Å². The molecule has 0 aromatic heterocycles. The zero-order valence-corrected chi connectivity index (χ0v) is 15.9. The summed E-state index contributed by atoms with van der Waals surface area (Å²) in [5.74, 6) is -0.642. The highest BCUT2D eigenvalue weighted by Gasteiger charge is 2.50. The molecule has 2 fully saturated rings. The van der Waals surface area contributed by atoms with Crippen LogP contribution in [0.4, 0.5) is 0 Å². The maximum Gasteiger partial charge on any atom is 0.302 e. The van der Waals surface area contributed by atoms with E-state index in [1.165, 1.54) is 6.08 Å². The summed E-state index contributed by atoms with van der Waals surface area (Å²) < 4.78 is 21.2. The maximum atomic E-state index is 11.0. The minimum atomic E-state index is -1.72. The lowest BCUT2D eigenvalue weighted by Crippen LogP contribution is -2.66. The smallest absolute Gasteiger partial charge is 0.302 e. The zero-order chi connectivity index (χ0) is 21.7. The quantitative estimate of drug-likeness (QED) is 0.148. The minimum Gasteiger partial charge on any atom is -0.463 e. The van der Waals surface area contributed by atoms with Gasteiger partial charge in [0.25, 0.3) is 0 Å². The van der Waals surface area contributed by atoms with Gasteiger partial charge in [-0.3, -0.25) is 10.1 Å². The molecule has 0 spiro atoms. The second-order valence-electron chi connectivity index (χ2n) is 6.87. The molecular weight excluding hydrogens is 394 g/mol. The zero-order valence-electron chi connectivity index (χ0n) is 15.9. The number of nitrogens with one attached hydrogen (secondary N) is 1. The Balaban J connectivity index is 2.10. The second kappa shape index (κ2) is 10.7. The molecule has 12 nitrogen and oxygen atoms in total. The topological polar surface area (TPSA) is 187 Å². The van der Waals surface area contributed by atoms with Crippen LogP contribution in [0.25, 0.3) is 0 Å². The highest BCUT2D eigenvalue weighted by molar-refractivity contribution is 5.65. The molecule has 0 aromatic rings. The fraction of sp³-hybridized carbons (Fsp3) is 0.824. The van der Waals surface area contributed by atoms with Crippen LogP contribution in [-0.2, 0) is 23.7 Å². The van der Waals surface area contributed by atoms with Gasteiger partial charge in [-0.05, 0) is 0 Å². The van der Waals surface area contributed by atoms with Gasteiger partial charge < -0.3 is 49.6 Å². The molecule has 0 saturated carbocycles. The van der Waals surface area contributed by atoms with Crippen LogP contribution in [0.5, 0.6) is 0 Å². The van der Waals surface area contributed by atoms with E-state index in [0.29, 0.717) is 0 Å². The molecule has 168 valence electrons. The standard InChI is InChI=1S/C17H29NO11/c1-3-4-18-16-13(24)12(23)15(8(5-19)27-16)29-17-14(25)11(22)10(21)9(28-17)6-26-7(2)20/h3,8-19,21-25H,1,4-6H2,2H3/t8-,9?,10+,11+,12?,13?,14?,15-,16+,17+/m1/s1. The fourth-order valence-corrected chi connectivity index (χ4v) is 3.14. The van der Waals surface area contributed by atoms with Crippen molar-refractivity contribution in [2.45, 2.75) is 68.3 Å². The normalized spacial score (nSPS) is 43.0. The molecule has 10 atom stereocenters. The Labute approximate surface area is 167 Å². The van der Waals surface area contributed by atoms with Gasteiger partial charge in [-0.15, -0.1) is 6.58 Å². The predicted octanol–water partition coefficient (Wildman–Crippen LogP) is -4.04. The fourth-order valence-electron chi connectivity index (χ4n) is 3.14. The summed E-state index contributed by atoms with van der Waals surface area (Å²) in [6.07, 6.45) is -12.7. The van der Waals surface area contributed by atoms with Crippen LogP contribution < -0.4 is 5.32 Å². The van der Waals surface area contributed by atoms with E-state index in [4.69, 9.17) is 18.9 Å². The highest BCUT2D eigenvalue weighted by Crippen LogP contribution is 2.28. The van der Waals surface area contributed by atoms with Crippen LogP contribution in [0, 0.1) is 0 Å². The molecule has 7 N–H and O–H groups in total. The molecule has 4 unspecified atom stereocenters. The van der Waals surface area contributed by atoms with Crippen LogP contribution >= 0.6 is 0 Å². The second-order valence-corrected chi connectivity index (χ2v) is 6.87. The number of aliphatic hydroxyl groups is 6. The molecule has 2 aliphatic heterocycles. The van der Waals surface area contributed by atoms with E-state index in [2.05, 4.69) is 11.9 Å². The minimum absolute atomic E-state index is 0.268. The summed E-state index contributed by atoms with van der Waals surface area (Å²) in [6.45, 7) is 3.93. The summed E-state index contributed by atoms with van der Waals surface area (Å²) >= 11 is 0. The van der Waals surface area contributed by atoms with E-state index in [9.17, 15) is 35.4 Å². The van der Waals surface area contributed by atoms with Crippen molar-refractivity contribution in [1.29, 1.82) is 0 Å². The monoisotopic (exact) mass is 423 g/mol. The van der Waals surface area contributed by atoms with Crippen LogP contribution in [0.3, 0.4) is 0 Å². The SMILES string of the molecule is C=CCN[C@H]1O[C@H](CO)[C@@H](O[C@@H]2OC(COC(C)=O)[C@H](O)[C@H](O)C2O)C(O)C1O. The summed E-state index contributed by atoms with van der Waals surface area (Å²) in [6, 6.07) is 0. The van der Waals surface area contributed by atoms with Gasteiger partial charge in [0.1, 0.15) is 61.7 Å². The molecule has 0 aliphatic carbocycles. The molecule has 2 saturated heterocycles. The van der Waals surface area contributed by atoms with Crippen molar-refractivity contribution in [3.63, 3.8) is 0 Å². The van der Waals surface area contributed by atoms with E-state index in [-0.39, 0.29) is 6.54 Å². The predicted molar refractivity (Wildman–Crippen MR) is 94.1 cm³/mol. The average molecular weight is 423 g/mol. The third-order valence-electron chi connectivity index (χ3n) is 4.74. The van der Waals surface area contributed by atoms with Crippen molar-refractivity contribution in [1.82, 2.24) is 5.32 Å². The van der Waals surface area contributed by atoms with Crippen LogP contribution in [0.1, 0.15) is 6.92 Å². The first-order chi connectivity index (χ1) is 13.7. The largest absolute Gasteiger partial charge is 0.463 e. The van der Waals surface area contributed by atoms with Gasteiger partial charge in [-0.2, -0.15) is 0 Å². The van der Waals surface area contributed by atoms with Gasteiger partial charge in [-0.25, -0.2) is 0 Å². The van der Waals surface area contributed by atoms with E-state index >= 15 is 0 Å². The van der Waals surface area contributed by atoms with Gasteiger partial charge in [0, 0.05) is 13.5 Å². The number of rotatable bonds is 8. The number of hydrogen-bond donors (Lipinski definition) is 7. The van der Waals surface area contributed by atoms with Gasteiger partial charge in [0.2, 0.25) is 0 Å². The Morgan fingerprint density at radius 1 is 1.03 bits per heavy atom. The molecule has 0 aromatic carbocycles. The summed E-state index contributed by atoms with van der Waals surface area (Å²) in [4.78, 5) is 11.0. The van der Waals surface area contributed by atoms with Crippen LogP contribution in [0.15, 0.2) is 12.7 Å². The number of ether oxygens (including phenoxy) is 4. The Hall–Kier alpha value is -1.19. The van der Waals surface area contributed by atoms with Crippen molar-refractivity contribution < 1.29 is 54.4 Å². The van der Waals surface area contributed by atoms with E-state index in [1.54, 1.807) is 0 Å². The number of aliphatic hydroxyl groups excluding tert-OH is 6. The third kappa shape index (κ3) is 5.70. The van der Waals surface area contributed by atoms with Gasteiger partial charge in [0.15, 0.2) is 6.29 Å². The Kier molecular flexibility index (Phi) is 8.91. The Morgan fingerprint density at radius 3 is 2.31 bits per heavy atom. The first-order valence-corrected chi connectivity index (χ1v) is 9.16. The molecule has 2 aliphatic rings. The summed E-state index contributed by atoms with van der Waals surface area (Å²) in [5.41, 5.74) is 0.